The minimum atomic E-state index is -4.99. The molecule has 0 unspecified atom stereocenters. The highest BCUT2D eigenvalue weighted by Gasteiger charge is 2.32. The second kappa shape index (κ2) is 6.26. The number of aromatic nitrogens is 2. The first-order chi connectivity index (χ1) is 10.2. The van der Waals surface area contributed by atoms with E-state index in [1.807, 2.05) is 0 Å². The Balaban J connectivity index is 2.11. The quantitative estimate of drug-likeness (QED) is 0.510. The van der Waals surface area contributed by atoms with E-state index >= 15 is 0 Å². The van der Waals surface area contributed by atoms with Crippen molar-refractivity contribution in [3.8, 4) is 11.5 Å². The number of alkyl halides is 3. The molecule has 2 aromatic rings. The SMILES string of the molecule is O=c1[nH]c(SCc2ccc(F)c(OC(F)(F)F)c2)ncc1O. The van der Waals surface area contributed by atoms with Gasteiger partial charge >= 0.3 is 6.36 Å². The smallest absolute Gasteiger partial charge is 0.502 e. The van der Waals surface area contributed by atoms with E-state index in [0.29, 0.717) is 5.56 Å². The Bertz CT molecular complexity index is 733. The van der Waals surface area contributed by atoms with Crippen molar-refractivity contribution < 1.29 is 27.4 Å². The Labute approximate surface area is 125 Å². The van der Waals surface area contributed by atoms with Crippen LogP contribution in [-0.4, -0.2) is 21.4 Å². The van der Waals surface area contributed by atoms with Crippen molar-refractivity contribution in [3.63, 3.8) is 0 Å². The molecule has 1 aromatic heterocycles. The lowest BCUT2D eigenvalue weighted by Gasteiger charge is -2.11. The fourth-order valence-corrected chi connectivity index (χ4v) is 2.21. The van der Waals surface area contributed by atoms with Gasteiger partial charge < -0.3 is 9.84 Å². The Hall–Kier alpha value is -2.23. The van der Waals surface area contributed by atoms with Gasteiger partial charge in [0.05, 0.1) is 6.20 Å². The van der Waals surface area contributed by atoms with Gasteiger partial charge in [-0.25, -0.2) is 9.37 Å². The molecule has 0 bridgehead atoms. The number of benzene rings is 1. The molecule has 22 heavy (non-hydrogen) atoms. The number of H-pyrrole nitrogens is 1. The average Bonchev–Trinajstić information content (AvgIpc) is 2.42. The molecule has 0 atom stereocenters. The van der Waals surface area contributed by atoms with Crippen molar-refractivity contribution in [3.05, 3.63) is 46.1 Å². The van der Waals surface area contributed by atoms with E-state index in [0.717, 1.165) is 30.1 Å². The fourth-order valence-electron chi connectivity index (χ4n) is 1.44. The van der Waals surface area contributed by atoms with Crippen molar-refractivity contribution in [1.82, 2.24) is 9.97 Å². The molecular weight excluding hydrogens is 328 g/mol. The van der Waals surface area contributed by atoms with Gasteiger partial charge in [0, 0.05) is 5.75 Å². The third-order valence-electron chi connectivity index (χ3n) is 2.35. The molecule has 2 N–H and O–H groups in total. The molecule has 118 valence electrons. The predicted molar refractivity (Wildman–Crippen MR) is 69.2 cm³/mol. The van der Waals surface area contributed by atoms with Gasteiger partial charge in [0.15, 0.2) is 22.5 Å². The summed E-state index contributed by atoms with van der Waals surface area (Å²) in [5.74, 6) is -2.51. The zero-order valence-corrected chi connectivity index (χ0v) is 11.5. The van der Waals surface area contributed by atoms with Crippen LogP contribution in [0.1, 0.15) is 5.56 Å². The maximum absolute atomic E-state index is 13.2. The molecule has 0 aliphatic heterocycles. The van der Waals surface area contributed by atoms with Gasteiger partial charge in [-0.05, 0) is 17.7 Å². The second-order valence-electron chi connectivity index (χ2n) is 4.00. The summed E-state index contributed by atoms with van der Waals surface area (Å²) in [6.45, 7) is 0. The average molecular weight is 336 g/mol. The fraction of sp³-hybridized carbons (Fsp3) is 0.167. The summed E-state index contributed by atoms with van der Waals surface area (Å²) in [4.78, 5) is 17.1. The van der Waals surface area contributed by atoms with Gasteiger partial charge in [-0.15, -0.1) is 13.2 Å². The molecule has 2 rings (SSSR count). The van der Waals surface area contributed by atoms with E-state index in [1.54, 1.807) is 0 Å². The van der Waals surface area contributed by atoms with Crippen LogP contribution in [0.4, 0.5) is 17.6 Å². The highest BCUT2D eigenvalue weighted by atomic mass is 32.2. The first-order valence-corrected chi connectivity index (χ1v) is 6.68. The summed E-state index contributed by atoms with van der Waals surface area (Å²) < 4.78 is 53.2. The number of aromatic amines is 1. The van der Waals surface area contributed by atoms with Crippen molar-refractivity contribution in [2.24, 2.45) is 0 Å². The lowest BCUT2D eigenvalue weighted by atomic mass is 10.2. The van der Waals surface area contributed by atoms with E-state index in [9.17, 15) is 22.4 Å². The maximum Gasteiger partial charge on any atom is 0.573 e. The summed E-state index contributed by atoms with van der Waals surface area (Å²) in [6.07, 6.45) is -4.04. The zero-order valence-electron chi connectivity index (χ0n) is 10.6. The van der Waals surface area contributed by atoms with Crippen molar-refractivity contribution in [2.45, 2.75) is 17.3 Å². The summed E-state index contributed by atoms with van der Waals surface area (Å²) in [7, 11) is 0. The Morgan fingerprint density at radius 3 is 2.73 bits per heavy atom. The summed E-state index contributed by atoms with van der Waals surface area (Å²) in [6, 6.07) is 3.04. The summed E-state index contributed by atoms with van der Waals surface area (Å²) >= 11 is 0.992. The molecule has 0 spiro atoms. The molecule has 0 radical (unpaired) electrons. The number of thioether (sulfide) groups is 1. The highest BCUT2D eigenvalue weighted by Crippen LogP contribution is 2.28. The third-order valence-corrected chi connectivity index (χ3v) is 3.31. The predicted octanol–water partition coefficient (Wildman–Crippen LogP) is 2.81. The number of hydrogen-bond acceptors (Lipinski definition) is 5. The first kappa shape index (κ1) is 16.1. The minimum absolute atomic E-state index is 0.113. The van der Waals surface area contributed by atoms with Gasteiger partial charge in [0.25, 0.3) is 5.56 Å². The Morgan fingerprint density at radius 2 is 2.09 bits per heavy atom. The van der Waals surface area contributed by atoms with E-state index in [-0.39, 0.29) is 10.9 Å². The Morgan fingerprint density at radius 1 is 1.36 bits per heavy atom. The van der Waals surface area contributed by atoms with E-state index in [4.69, 9.17) is 5.11 Å². The van der Waals surface area contributed by atoms with Gasteiger partial charge in [0.2, 0.25) is 0 Å². The van der Waals surface area contributed by atoms with Crippen LogP contribution in [-0.2, 0) is 5.75 Å². The van der Waals surface area contributed by atoms with E-state index in [2.05, 4.69) is 14.7 Å². The van der Waals surface area contributed by atoms with Crippen LogP contribution in [0.2, 0.25) is 0 Å². The summed E-state index contributed by atoms with van der Waals surface area (Å²) in [5.41, 5.74) is -0.404. The largest absolute Gasteiger partial charge is 0.573 e. The highest BCUT2D eigenvalue weighted by molar-refractivity contribution is 7.98. The molecule has 0 aliphatic carbocycles. The van der Waals surface area contributed by atoms with E-state index in [1.165, 1.54) is 6.07 Å². The van der Waals surface area contributed by atoms with Crippen LogP contribution in [0.5, 0.6) is 11.5 Å². The van der Waals surface area contributed by atoms with Crippen LogP contribution in [0, 0.1) is 5.82 Å². The van der Waals surface area contributed by atoms with E-state index < -0.39 is 29.2 Å². The van der Waals surface area contributed by atoms with Crippen LogP contribution < -0.4 is 10.3 Å². The monoisotopic (exact) mass is 336 g/mol. The molecule has 5 nitrogen and oxygen atoms in total. The van der Waals surface area contributed by atoms with Crippen LogP contribution in [0.3, 0.4) is 0 Å². The molecule has 0 amide bonds. The lowest BCUT2D eigenvalue weighted by molar-refractivity contribution is -0.275. The molecule has 1 heterocycles. The van der Waals surface area contributed by atoms with Gasteiger partial charge in [-0.2, -0.15) is 0 Å². The van der Waals surface area contributed by atoms with Gasteiger partial charge in [-0.1, -0.05) is 17.8 Å². The van der Waals surface area contributed by atoms with Crippen LogP contribution >= 0.6 is 11.8 Å². The molecule has 0 saturated carbocycles. The number of aromatic hydroxyl groups is 1. The first-order valence-electron chi connectivity index (χ1n) is 5.70. The number of nitrogens with one attached hydrogen (secondary N) is 1. The second-order valence-corrected chi connectivity index (χ2v) is 4.97. The third kappa shape index (κ3) is 4.38. The van der Waals surface area contributed by atoms with Crippen molar-refractivity contribution in [1.29, 1.82) is 0 Å². The molecule has 1 aromatic carbocycles. The number of rotatable bonds is 4. The number of halogens is 4. The topological polar surface area (TPSA) is 75.2 Å². The van der Waals surface area contributed by atoms with Crippen LogP contribution in [0.15, 0.2) is 34.3 Å². The van der Waals surface area contributed by atoms with Gasteiger partial charge in [0.1, 0.15) is 0 Å². The van der Waals surface area contributed by atoms with Crippen LogP contribution in [0.25, 0.3) is 0 Å². The molecule has 0 fully saturated rings. The Kier molecular flexibility index (Phi) is 4.59. The normalized spacial score (nSPS) is 11.5. The summed E-state index contributed by atoms with van der Waals surface area (Å²) in [5, 5.41) is 9.18. The zero-order chi connectivity index (χ0) is 16.3. The molecule has 10 heteroatoms. The van der Waals surface area contributed by atoms with Gasteiger partial charge in [-0.3, -0.25) is 9.78 Å². The number of nitrogens with zero attached hydrogens (tertiary/aromatic N) is 1. The standard InChI is InChI=1S/C12H8F4N2O3S/c13-7-2-1-6(3-9(7)21-12(14,15)16)5-22-11-17-4-8(19)10(20)18-11/h1-4,19H,5H2,(H,17,18,20). The van der Waals surface area contributed by atoms with Crippen molar-refractivity contribution in [2.75, 3.05) is 0 Å². The maximum atomic E-state index is 13.2. The van der Waals surface area contributed by atoms with Crippen molar-refractivity contribution >= 4 is 11.8 Å². The number of ether oxygens (including phenoxy) is 1. The molecule has 0 aliphatic rings. The lowest BCUT2D eigenvalue weighted by Crippen LogP contribution is -2.18. The molecule has 0 saturated heterocycles. The minimum Gasteiger partial charge on any atom is -0.502 e. The number of hydrogen-bond donors (Lipinski definition) is 2. The molecular formula is C12H8F4N2O3S.